The number of nitrogens with zero attached hydrogens (tertiary/aromatic N) is 2. The summed E-state index contributed by atoms with van der Waals surface area (Å²) in [5.74, 6) is 0. The Morgan fingerprint density at radius 2 is 2.00 bits per heavy atom. The molecular weight excluding hydrogens is 238 g/mol. The Bertz CT molecular complexity index is 354. The molecule has 0 saturated heterocycles. The van der Waals surface area contributed by atoms with Crippen molar-refractivity contribution in [3.8, 4) is 0 Å². The second kappa shape index (κ2) is 7.58. The molecule has 1 heterocycles. The minimum Gasteiger partial charge on any atom is -0.379 e. The van der Waals surface area contributed by atoms with Gasteiger partial charge in [-0.25, -0.2) is 0 Å². The van der Waals surface area contributed by atoms with Crippen LogP contribution in [0.2, 0.25) is 0 Å². The molecular formula is C15H27N3O. The summed E-state index contributed by atoms with van der Waals surface area (Å²) in [7, 11) is 3.88. The first-order chi connectivity index (χ1) is 8.98. The number of aromatic nitrogens is 1. The molecule has 0 amide bonds. The molecule has 19 heavy (non-hydrogen) atoms. The van der Waals surface area contributed by atoms with Crippen LogP contribution in [0.25, 0.3) is 0 Å². The fraction of sp³-hybridized carbons (Fsp3) is 0.667. The summed E-state index contributed by atoms with van der Waals surface area (Å²) in [6, 6.07) is 4.46. The van der Waals surface area contributed by atoms with Gasteiger partial charge in [-0.2, -0.15) is 0 Å². The number of methoxy groups -OCH3 is 1. The summed E-state index contributed by atoms with van der Waals surface area (Å²) in [4.78, 5) is 6.35. The third-order valence-corrected chi connectivity index (χ3v) is 3.68. The predicted octanol–water partition coefficient (Wildman–Crippen LogP) is 1.70. The van der Waals surface area contributed by atoms with E-state index in [0.717, 1.165) is 19.4 Å². The molecule has 1 atom stereocenters. The molecule has 1 rings (SSSR count). The molecule has 108 valence electrons. The standard InChI is InChI=1S/C15H27N3O/c1-15(2,19-4)11-14(12-16)18(3)10-7-13-5-8-17-9-6-13/h5-6,8-9,14H,7,10-12,16H2,1-4H3. The highest BCUT2D eigenvalue weighted by Crippen LogP contribution is 2.18. The van der Waals surface area contributed by atoms with Crippen molar-refractivity contribution in [2.24, 2.45) is 5.73 Å². The number of nitrogens with two attached hydrogens (primary N) is 1. The van der Waals surface area contributed by atoms with Crippen molar-refractivity contribution in [3.63, 3.8) is 0 Å². The van der Waals surface area contributed by atoms with Crippen LogP contribution in [0.1, 0.15) is 25.8 Å². The Labute approximate surface area is 117 Å². The third-order valence-electron chi connectivity index (χ3n) is 3.68. The normalized spacial score (nSPS) is 13.8. The van der Waals surface area contributed by atoms with Crippen molar-refractivity contribution in [2.75, 3.05) is 27.2 Å². The number of likely N-dealkylation sites (N-methyl/N-ethyl adjacent to an activating group) is 1. The highest BCUT2D eigenvalue weighted by molar-refractivity contribution is 5.09. The number of rotatable bonds is 8. The first-order valence-corrected chi connectivity index (χ1v) is 6.83. The second-order valence-electron chi connectivity index (χ2n) is 5.64. The van der Waals surface area contributed by atoms with Crippen LogP contribution in [0, 0.1) is 0 Å². The number of hydrogen-bond acceptors (Lipinski definition) is 4. The quantitative estimate of drug-likeness (QED) is 0.777. The van der Waals surface area contributed by atoms with E-state index in [0.29, 0.717) is 12.6 Å². The molecule has 0 aliphatic carbocycles. The minimum absolute atomic E-state index is 0.130. The maximum atomic E-state index is 5.90. The van der Waals surface area contributed by atoms with Gasteiger partial charge in [0.1, 0.15) is 0 Å². The molecule has 0 aromatic carbocycles. The van der Waals surface area contributed by atoms with Crippen LogP contribution in [0.4, 0.5) is 0 Å². The average Bonchev–Trinajstić information content (AvgIpc) is 2.43. The van der Waals surface area contributed by atoms with Crippen LogP contribution < -0.4 is 5.73 Å². The maximum Gasteiger partial charge on any atom is 0.0638 e. The van der Waals surface area contributed by atoms with Gasteiger partial charge in [0.05, 0.1) is 5.60 Å². The van der Waals surface area contributed by atoms with Crippen LogP contribution in [0.3, 0.4) is 0 Å². The zero-order valence-electron chi connectivity index (χ0n) is 12.6. The summed E-state index contributed by atoms with van der Waals surface area (Å²) in [5.41, 5.74) is 7.08. The van der Waals surface area contributed by atoms with E-state index < -0.39 is 0 Å². The Kier molecular flexibility index (Phi) is 6.42. The Morgan fingerprint density at radius 1 is 1.37 bits per heavy atom. The zero-order valence-corrected chi connectivity index (χ0v) is 12.6. The third kappa shape index (κ3) is 5.68. The van der Waals surface area contributed by atoms with Gasteiger partial charge in [-0.15, -0.1) is 0 Å². The van der Waals surface area contributed by atoms with Gasteiger partial charge in [0.15, 0.2) is 0 Å². The monoisotopic (exact) mass is 265 g/mol. The lowest BCUT2D eigenvalue weighted by Gasteiger charge is -2.33. The smallest absolute Gasteiger partial charge is 0.0638 e. The SMILES string of the molecule is COC(C)(C)CC(CN)N(C)CCc1ccncc1. The van der Waals surface area contributed by atoms with E-state index in [2.05, 4.69) is 42.9 Å². The largest absolute Gasteiger partial charge is 0.379 e. The van der Waals surface area contributed by atoms with Crippen molar-refractivity contribution in [1.82, 2.24) is 9.88 Å². The van der Waals surface area contributed by atoms with Gasteiger partial charge < -0.3 is 15.4 Å². The minimum atomic E-state index is -0.130. The lowest BCUT2D eigenvalue weighted by atomic mass is 9.97. The van der Waals surface area contributed by atoms with Gasteiger partial charge in [-0.3, -0.25) is 4.98 Å². The van der Waals surface area contributed by atoms with E-state index in [-0.39, 0.29) is 5.60 Å². The zero-order chi connectivity index (χ0) is 14.3. The molecule has 1 aromatic rings. The summed E-state index contributed by atoms with van der Waals surface area (Å²) < 4.78 is 5.49. The summed E-state index contributed by atoms with van der Waals surface area (Å²) in [5, 5.41) is 0. The lowest BCUT2D eigenvalue weighted by molar-refractivity contribution is -0.00435. The Hall–Kier alpha value is -0.970. The molecule has 1 unspecified atom stereocenters. The van der Waals surface area contributed by atoms with E-state index in [1.807, 2.05) is 12.4 Å². The van der Waals surface area contributed by atoms with Gasteiger partial charge in [0, 0.05) is 38.6 Å². The first-order valence-electron chi connectivity index (χ1n) is 6.83. The van der Waals surface area contributed by atoms with Crippen molar-refractivity contribution >= 4 is 0 Å². The van der Waals surface area contributed by atoms with Gasteiger partial charge in [-0.1, -0.05) is 0 Å². The summed E-state index contributed by atoms with van der Waals surface area (Å²) >= 11 is 0. The topological polar surface area (TPSA) is 51.4 Å². The van der Waals surface area contributed by atoms with E-state index in [4.69, 9.17) is 10.5 Å². The van der Waals surface area contributed by atoms with Crippen molar-refractivity contribution in [2.45, 2.75) is 38.3 Å². The first kappa shape index (κ1) is 16.1. The van der Waals surface area contributed by atoms with E-state index in [9.17, 15) is 0 Å². The lowest BCUT2D eigenvalue weighted by Crippen LogP contribution is -2.44. The molecule has 4 heteroatoms. The van der Waals surface area contributed by atoms with E-state index in [1.165, 1.54) is 5.56 Å². The molecule has 0 spiro atoms. The van der Waals surface area contributed by atoms with E-state index in [1.54, 1.807) is 7.11 Å². The fourth-order valence-electron chi connectivity index (χ4n) is 2.11. The molecule has 0 bridgehead atoms. The molecule has 2 N–H and O–H groups in total. The van der Waals surface area contributed by atoms with Gasteiger partial charge >= 0.3 is 0 Å². The molecule has 4 nitrogen and oxygen atoms in total. The summed E-state index contributed by atoms with van der Waals surface area (Å²) in [6.07, 6.45) is 5.63. The molecule has 0 saturated carbocycles. The second-order valence-corrected chi connectivity index (χ2v) is 5.64. The van der Waals surface area contributed by atoms with Crippen LogP contribution in [0.15, 0.2) is 24.5 Å². The molecule has 1 aromatic heterocycles. The van der Waals surface area contributed by atoms with Crippen molar-refractivity contribution in [1.29, 1.82) is 0 Å². The predicted molar refractivity (Wildman–Crippen MR) is 79.1 cm³/mol. The Balaban J connectivity index is 2.48. The Morgan fingerprint density at radius 3 is 2.53 bits per heavy atom. The van der Waals surface area contributed by atoms with Gasteiger partial charge in [0.2, 0.25) is 0 Å². The molecule has 0 radical (unpaired) electrons. The van der Waals surface area contributed by atoms with Crippen LogP contribution >= 0.6 is 0 Å². The molecule has 0 aliphatic rings. The van der Waals surface area contributed by atoms with E-state index >= 15 is 0 Å². The van der Waals surface area contributed by atoms with Crippen molar-refractivity contribution < 1.29 is 4.74 Å². The van der Waals surface area contributed by atoms with Crippen LogP contribution in [0.5, 0.6) is 0 Å². The van der Waals surface area contributed by atoms with Gasteiger partial charge in [0.25, 0.3) is 0 Å². The summed E-state index contributed by atoms with van der Waals surface area (Å²) in [6.45, 7) is 5.85. The number of hydrogen-bond donors (Lipinski definition) is 1. The van der Waals surface area contributed by atoms with Gasteiger partial charge in [-0.05, 0) is 51.4 Å². The average molecular weight is 265 g/mol. The highest BCUT2D eigenvalue weighted by Gasteiger charge is 2.24. The maximum absolute atomic E-state index is 5.90. The molecule has 0 fully saturated rings. The fourth-order valence-corrected chi connectivity index (χ4v) is 2.11. The number of ether oxygens (including phenoxy) is 1. The van der Waals surface area contributed by atoms with Crippen LogP contribution in [-0.2, 0) is 11.2 Å². The van der Waals surface area contributed by atoms with Crippen LogP contribution in [-0.4, -0.2) is 48.8 Å². The van der Waals surface area contributed by atoms with Crippen molar-refractivity contribution in [3.05, 3.63) is 30.1 Å². The highest BCUT2D eigenvalue weighted by atomic mass is 16.5. The number of pyridine rings is 1. The molecule has 0 aliphatic heterocycles.